The number of carboxylic acid groups (broad SMARTS) is 1. The van der Waals surface area contributed by atoms with Crippen LogP contribution in [0.3, 0.4) is 0 Å². The number of thiophene rings is 1. The molecule has 1 aromatic carbocycles. The summed E-state index contributed by atoms with van der Waals surface area (Å²) in [7, 11) is 1.45. The second-order valence-corrected chi connectivity index (χ2v) is 6.59. The number of phenolic OH excluding ortho intramolecular Hbond substituents is 1. The standard InChI is InChI=1S/C18H18N2O5S/c1-25-15-4-2-3-12(18(15)24)14-9-13(11-7-8-26-10-11)19-20(14)16(21)5-6-17(22)23/h2-4,7-8,10,14,24H,5-6,9H2,1H3,(H,22,23). The predicted octanol–water partition coefficient (Wildman–Crippen LogP) is 3.00. The number of ether oxygens (including phenoxy) is 1. The van der Waals surface area contributed by atoms with Crippen LogP contribution in [0.5, 0.6) is 11.5 Å². The number of carbonyl (C=O) groups is 2. The average molecular weight is 374 g/mol. The number of hydrazone groups is 1. The van der Waals surface area contributed by atoms with Crippen molar-refractivity contribution in [3.63, 3.8) is 0 Å². The second-order valence-electron chi connectivity index (χ2n) is 5.81. The zero-order valence-corrected chi connectivity index (χ0v) is 14.9. The van der Waals surface area contributed by atoms with Crippen LogP contribution in [0.15, 0.2) is 40.1 Å². The number of carboxylic acids is 1. The van der Waals surface area contributed by atoms with Crippen LogP contribution >= 0.6 is 11.3 Å². The highest BCUT2D eigenvalue weighted by atomic mass is 32.1. The maximum absolute atomic E-state index is 12.6. The van der Waals surface area contributed by atoms with Crippen molar-refractivity contribution >= 4 is 28.9 Å². The van der Waals surface area contributed by atoms with Crippen LogP contribution in [-0.4, -0.2) is 39.9 Å². The first-order chi connectivity index (χ1) is 12.5. The van der Waals surface area contributed by atoms with Crippen molar-refractivity contribution in [1.82, 2.24) is 5.01 Å². The summed E-state index contributed by atoms with van der Waals surface area (Å²) in [4.78, 5) is 23.4. The number of amides is 1. The fourth-order valence-electron chi connectivity index (χ4n) is 2.89. The van der Waals surface area contributed by atoms with E-state index in [9.17, 15) is 14.7 Å². The van der Waals surface area contributed by atoms with Gasteiger partial charge >= 0.3 is 5.97 Å². The number of aliphatic carboxylic acids is 1. The highest BCUT2D eigenvalue weighted by Gasteiger charge is 2.35. The lowest BCUT2D eigenvalue weighted by Crippen LogP contribution is -2.27. The first-order valence-corrected chi connectivity index (χ1v) is 8.95. The van der Waals surface area contributed by atoms with Gasteiger partial charge in [-0.25, -0.2) is 5.01 Å². The Kier molecular flexibility index (Phi) is 5.22. The molecule has 2 aromatic rings. The third-order valence-electron chi connectivity index (χ3n) is 4.18. The minimum atomic E-state index is -1.04. The summed E-state index contributed by atoms with van der Waals surface area (Å²) in [5.74, 6) is -1.17. The summed E-state index contributed by atoms with van der Waals surface area (Å²) in [6.45, 7) is 0. The van der Waals surface area contributed by atoms with Crippen molar-refractivity contribution < 1.29 is 24.5 Å². The molecule has 1 atom stereocenters. The lowest BCUT2D eigenvalue weighted by molar-refractivity contribution is -0.141. The Labute approximate surface area is 154 Å². The van der Waals surface area contributed by atoms with Crippen LogP contribution in [0.25, 0.3) is 0 Å². The zero-order valence-electron chi connectivity index (χ0n) is 14.1. The third-order valence-corrected chi connectivity index (χ3v) is 4.87. The Balaban J connectivity index is 1.95. The van der Waals surface area contributed by atoms with Crippen LogP contribution in [0.2, 0.25) is 0 Å². The lowest BCUT2D eigenvalue weighted by Gasteiger charge is -2.23. The molecule has 0 spiro atoms. The van der Waals surface area contributed by atoms with Crippen molar-refractivity contribution in [3.8, 4) is 11.5 Å². The van der Waals surface area contributed by atoms with E-state index in [1.54, 1.807) is 18.2 Å². The molecule has 1 aliphatic rings. The number of hydrogen-bond donors (Lipinski definition) is 2. The molecule has 2 heterocycles. The number of para-hydroxylation sites is 1. The maximum Gasteiger partial charge on any atom is 0.303 e. The van der Waals surface area contributed by atoms with Gasteiger partial charge < -0.3 is 14.9 Å². The number of carbonyl (C=O) groups excluding carboxylic acids is 1. The van der Waals surface area contributed by atoms with E-state index in [0.717, 1.165) is 11.3 Å². The Morgan fingerprint density at radius 2 is 2.15 bits per heavy atom. The minimum absolute atomic E-state index is 0.0437. The van der Waals surface area contributed by atoms with Crippen LogP contribution in [0, 0.1) is 0 Å². The van der Waals surface area contributed by atoms with Gasteiger partial charge in [-0.05, 0) is 22.9 Å². The molecule has 0 saturated heterocycles. The monoisotopic (exact) mass is 374 g/mol. The molecule has 1 aliphatic heterocycles. The van der Waals surface area contributed by atoms with E-state index >= 15 is 0 Å². The molecule has 0 fully saturated rings. The maximum atomic E-state index is 12.6. The minimum Gasteiger partial charge on any atom is -0.504 e. The smallest absolute Gasteiger partial charge is 0.303 e. The molecule has 1 amide bonds. The normalized spacial score (nSPS) is 16.4. The van der Waals surface area contributed by atoms with Gasteiger partial charge in [-0.3, -0.25) is 9.59 Å². The zero-order chi connectivity index (χ0) is 18.7. The first kappa shape index (κ1) is 17.9. The molecule has 0 bridgehead atoms. The van der Waals surface area contributed by atoms with Gasteiger partial charge in [0.25, 0.3) is 0 Å². The number of benzene rings is 1. The van der Waals surface area contributed by atoms with E-state index in [0.29, 0.717) is 17.7 Å². The Hall–Kier alpha value is -2.87. The van der Waals surface area contributed by atoms with Crippen molar-refractivity contribution in [2.45, 2.75) is 25.3 Å². The SMILES string of the molecule is COc1cccc(C2CC(c3ccsc3)=NN2C(=O)CCC(=O)O)c1O. The second kappa shape index (κ2) is 7.57. The lowest BCUT2D eigenvalue weighted by atomic mass is 9.98. The first-order valence-electron chi connectivity index (χ1n) is 8.01. The van der Waals surface area contributed by atoms with Gasteiger partial charge in [0.1, 0.15) is 0 Å². The van der Waals surface area contributed by atoms with E-state index in [2.05, 4.69) is 5.10 Å². The average Bonchev–Trinajstić information content (AvgIpc) is 3.29. The van der Waals surface area contributed by atoms with E-state index in [4.69, 9.17) is 9.84 Å². The molecule has 136 valence electrons. The highest BCUT2D eigenvalue weighted by Crippen LogP contribution is 2.41. The third kappa shape index (κ3) is 3.55. The molecule has 3 rings (SSSR count). The molecule has 0 radical (unpaired) electrons. The molecule has 1 aromatic heterocycles. The molecule has 8 heteroatoms. The number of aromatic hydroxyl groups is 1. The molecule has 7 nitrogen and oxygen atoms in total. The van der Waals surface area contributed by atoms with Gasteiger partial charge in [-0.15, -0.1) is 0 Å². The Morgan fingerprint density at radius 1 is 1.35 bits per heavy atom. The molecular formula is C18H18N2O5S. The fourth-order valence-corrected chi connectivity index (χ4v) is 3.55. The van der Waals surface area contributed by atoms with Gasteiger partial charge in [-0.2, -0.15) is 16.4 Å². The highest BCUT2D eigenvalue weighted by molar-refractivity contribution is 7.08. The molecule has 0 saturated carbocycles. The summed E-state index contributed by atoms with van der Waals surface area (Å²) in [5.41, 5.74) is 2.15. The van der Waals surface area contributed by atoms with Crippen molar-refractivity contribution in [2.75, 3.05) is 7.11 Å². The Morgan fingerprint density at radius 3 is 2.81 bits per heavy atom. The number of nitrogens with zero attached hydrogens (tertiary/aromatic N) is 2. The Bertz CT molecular complexity index is 847. The number of hydrogen-bond acceptors (Lipinski definition) is 6. The van der Waals surface area contributed by atoms with Crippen LogP contribution in [-0.2, 0) is 9.59 Å². The van der Waals surface area contributed by atoms with E-state index < -0.39 is 17.9 Å². The van der Waals surface area contributed by atoms with Gasteiger partial charge in [0.15, 0.2) is 11.5 Å². The quantitative estimate of drug-likeness (QED) is 0.810. The number of rotatable bonds is 6. The summed E-state index contributed by atoms with van der Waals surface area (Å²) < 4.78 is 5.15. The van der Waals surface area contributed by atoms with E-state index in [1.165, 1.54) is 23.5 Å². The van der Waals surface area contributed by atoms with Crippen LogP contribution in [0.1, 0.15) is 36.4 Å². The van der Waals surface area contributed by atoms with Gasteiger partial charge in [0, 0.05) is 24.0 Å². The van der Waals surface area contributed by atoms with Gasteiger partial charge in [0.05, 0.1) is 25.3 Å². The summed E-state index contributed by atoms with van der Waals surface area (Å²) in [5, 5.41) is 28.9. The van der Waals surface area contributed by atoms with Crippen LogP contribution < -0.4 is 4.74 Å². The summed E-state index contributed by atoms with van der Waals surface area (Å²) >= 11 is 1.53. The topological polar surface area (TPSA) is 99.4 Å². The summed E-state index contributed by atoms with van der Waals surface area (Å²) in [6.07, 6.45) is 0.00268. The molecular weight excluding hydrogens is 356 g/mol. The van der Waals surface area contributed by atoms with Crippen molar-refractivity contribution in [3.05, 3.63) is 46.2 Å². The predicted molar refractivity (Wildman–Crippen MR) is 96.6 cm³/mol. The molecule has 0 aliphatic carbocycles. The van der Waals surface area contributed by atoms with Gasteiger partial charge in [0.2, 0.25) is 5.91 Å². The van der Waals surface area contributed by atoms with Crippen LogP contribution in [0.4, 0.5) is 0 Å². The summed E-state index contributed by atoms with van der Waals surface area (Å²) in [6, 6.07) is 6.48. The number of methoxy groups -OCH3 is 1. The molecule has 1 unspecified atom stereocenters. The molecule has 26 heavy (non-hydrogen) atoms. The molecule has 2 N–H and O–H groups in total. The van der Waals surface area contributed by atoms with Gasteiger partial charge in [-0.1, -0.05) is 12.1 Å². The largest absolute Gasteiger partial charge is 0.504 e. The van der Waals surface area contributed by atoms with E-state index in [1.807, 2.05) is 16.8 Å². The van der Waals surface area contributed by atoms with Crippen molar-refractivity contribution in [1.29, 1.82) is 0 Å². The fraction of sp³-hybridized carbons (Fsp3) is 0.278. The van der Waals surface area contributed by atoms with E-state index in [-0.39, 0.29) is 18.6 Å². The number of phenols is 1. The van der Waals surface area contributed by atoms with Crippen molar-refractivity contribution in [2.24, 2.45) is 5.10 Å².